The molecule has 0 spiro atoms. The molecule has 31 heavy (non-hydrogen) atoms. The molecule has 3 aromatic rings. The molecular formula is C21H20F2N6O2. The quantitative estimate of drug-likeness (QED) is 0.556. The van der Waals surface area contributed by atoms with Gasteiger partial charge in [-0.15, -0.1) is 0 Å². The third-order valence-corrected chi connectivity index (χ3v) is 4.99. The highest BCUT2D eigenvalue weighted by Gasteiger charge is 2.27. The Morgan fingerprint density at radius 1 is 1.16 bits per heavy atom. The Labute approximate surface area is 176 Å². The van der Waals surface area contributed by atoms with Crippen molar-refractivity contribution < 1.29 is 18.4 Å². The van der Waals surface area contributed by atoms with Gasteiger partial charge < -0.3 is 15.5 Å². The second kappa shape index (κ2) is 8.50. The number of H-pyrrole nitrogens is 1. The van der Waals surface area contributed by atoms with Crippen molar-refractivity contribution >= 4 is 23.5 Å². The van der Waals surface area contributed by atoms with E-state index in [0.29, 0.717) is 30.3 Å². The van der Waals surface area contributed by atoms with Gasteiger partial charge in [-0.2, -0.15) is 5.10 Å². The zero-order chi connectivity index (χ0) is 22.0. The van der Waals surface area contributed by atoms with Crippen LogP contribution in [0.3, 0.4) is 0 Å². The van der Waals surface area contributed by atoms with E-state index in [1.807, 2.05) is 25.1 Å². The van der Waals surface area contributed by atoms with Crippen molar-refractivity contribution in [2.45, 2.75) is 26.4 Å². The Bertz CT molecular complexity index is 1130. The Balaban J connectivity index is 1.40. The maximum atomic E-state index is 13.7. The number of aryl methyl sites for hydroxylation is 1. The van der Waals surface area contributed by atoms with Gasteiger partial charge in [0, 0.05) is 30.4 Å². The number of nitrogens with zero attached hydrogens (tertiary/aromatic N) is 3. The van der Waals surface area contributed by atoms with Crippen LogP contribution in [0.25, 0.3) is 0 Å². The molecule has 2 amide bonds. The lowest BCUT2D eigenvalue weighted by Gasteiger charge is -2.28. The summed E-state index contributed by atoms with van der Waals surface area (Å²) in [7, 11) is 0. The number of amides is 2. The first-order valence-electron chi connectivity index (χ1n) is 9.68. The Hall–Kier alpha value is -3.82. The van der Waals surface area contributed by atoms with Crippen LogP contribution in [-0.2, 0) is 29.1 Å². The van der Waals surface area contributed by atoms with E-state index < -0.39 is 30.0 Å². The average Bonchev–Trinajstić information content (AvgIpc) is 3.16. The van der Waals surface area contributed by atoms with E-state index in [4.69, 9.17) is 0 Å². The van der Waals surface area contributed by atoms with Gasteiger partial charge in [-0.05, 0) is 37.1 Å². The fourth-order valence-electron chi connectivity index (χ4n) is 3.36. The number of halogens is 2. The molecule has 2 aromatic heterocycles. The monoisotopic (exact) mass is 426 g/mol. The SMILES string of the molecule is Cc1cc(Nc2ccc3c(n2)CN(C(=O)C(=O)NCc2c(F)cccc2F)CC3)n[nH]1. The molecular weight excluding hydrogens is 406 g/mol. The number of pyridine rings is 1. The molecule has 0 radical (unpaired) electrons. The summed E-state index contributed by atoms with van der Waals surface area (Å²) in [5, 5.41) is 12.3. The molecule has 3 N–H and O–H groups in total. The van der Waals surface area contributed by atoms with Crippen LogP contribution in [0.15, 0.2) is 36.4 Å². The topological polar surface area (TPSA) is 103 Å². The fraction of sp³-hybridized carbons (Fsp3) is 0.238. The molecule has 0 unspecified atom stereocenters. The van der Waals surface area contributed by atoms with Crippen LogP contribution in [0, 0.1) is 18.6 Å². The molecule has 0 bridgehead atoms. The predicted octanol–water partition coefficient (Wildman–Crippen LogP) is 2.34. The van der Waals surface area contributed by atoms with Crippen molar-refractivity contribution in [3.8, 4) is 0 Å². The number of benzene rings is 1. The molecule has 0 atom stereocenters. The number of aromatic nitrogens is 3. The number of hydrogen-bond acceptors (Lipinski definition) is 5. The zero-order valence-corrected chi connectivity index (χ0v) is 16.7. The van der Waals surface area contributed by atoms with E-state index in [1.165, 1.54) is 11.0 Å². The maximum Gasteiger partial charge on any atom is 0.312 e. The molecule has 4 rings (SSSR count). The van der Waals surface area contributed by atoms with Crippen LogP contribution in [0.2, 0.25) is 0 Å². The van der Waals surface area contributed by atoms with Gasteiger partial charge in [-0.1, -0.05) is 12.1 Å². The highest BCUT2D eigenvalue weighted by Crippen LogP contribution is 2.21. The number of hydrogen-bond donors (Lipinski definition) is 3. The predicted molar refractivity (Wildman–Crippen MR) is 108 cm³/mol. The van der Waals surface area contributed by atoms with Crippen molar-refractivity contribution in [3.63, 3.8) is 0 Å². The van der Waals surface area contributed by atoms with Crippen molar-refractivity contribution in [2.75, 3.05) is 11.9 Å². The number of nitrogens with one attached hydrogen (secondary N) is 3. The van der Waals surface area contributed by atoms with Crippen molar-refractivity contribution in [1.29, 1.82) is 0 Å². The zero-order valence-electron chi connectivity index (χ0n) is 16.7. The lowest BCUT2D eigenvalue weighted by atomic mass is 10.0. The lowest BCUT2D eigenvalue weighted by Crippen LogP contribution is -2.45. The van der Waals surface area contributed by atoms with E-state index in [0.717, 1.165) is 23.4 Å². The first kappa shape index (κ1) is 20.5. The number of anilines is 2. The van der Waals surface area contributed by atoms with Gasteiger partial charge >= 0.3 is 11.8 Å². The lowest BCUT2D eigenvalue weighted by molar-refractivity contribution is -0.146. The molecule has 0 saturated carbocycles. The van der Waals surface area contributed by atoms with Crippen LogP contribution in [-0.4, -0.2) is 38.4 Å². The summed E-state index contributed by atoms with van der Waals surface area (Å²) < 4.78 is 27.4. The minimum atomic E-state index is -0.924. The van der Waals surface area contributed by atoms with Crippen molar-refractivity contribution in [2.24, 2.45) is 0 Å². The highest BCUT2D eigenvalue weighted by atomic mass is 19.1. The van der Waals surface area contributed by atoms with Crippen LogP contribution in [0.4, 0.5) is 20.4 Å². The van der Waals surface area contributed by atoms with Gasteiger partial charge in [0.15, 0.2) is 5.82 Å². The number of aromatic amines is 1. The molecule has 0 fully saturated rings. The minimum absolute atomic E-state index is 0.157. The summed E-state index contributed by atoms with van der Waals surface area (Å²) in [6, 6.07) is 9.00. The number of fused-ring (bicyclic) bond motifs is 1. The van der Waals surface area contributed by atoms with E-state index in [1.54, 1.807) is 0 Å². The van der Waals surface area contributed by atoms with Gasteiger partial charge in [-0.25, -0.2) is 13.8 Å². The first-order valence-corrected chi connectivity index (χ1v) is 9.68. The summed E-state index contributed by atoms with van der Waals surface area (Å²) >= 11 is 0. The van der Waals surface area contributed by atoms with E-state index in [-0.39, 0.29) is 12.1 Å². The van der Waals surface area contributed by atoms with Crippen molar-refractivity contribution in [1.82, 2.24) is 25.4 Å². The summed E-state index contributed by atoms with van der Waals surface area (Å²) in [5.74, 6) is -2.07. The minimum Gasteiger partial charge on any atom is -0.344 e. The first-order chi connectivity index (χ1) is 14.9. The standard InChI is InChI=1S/C21H20F2N6O2/c1-12-9-19(28-27-12)26-18-6-5-13-7-8-29(11-17(13)25-18)21(31)20(30)24-10-14-15(22)3-2-4-16(14)23/h2-6,9H,7-8,10-11H2,1H3,(H,24,30)(H2,25,26,27,28). The average molecular weight is 426 g/mol. The van der Waals surface area contributed by atoms with Crippen LogP contribution in [0.5, 0.6) is 0 Å². The second-order valence-electron chi connectivity index (χ2n) is 7.22. The summed E-state index contributed by atoms with van der Waals surface area (Å²) in [5.41, 5.74) is 2.27. The van der Waals surface area contributed by atoms with Crippen LogP contribution < -0.4 is 10.6 Å². The van der Waals surface area contributed by atoms with E-state index in [2.05, 4.69) is 25.8 Å². The molecule has 1 aromatic carbocycles. The number of carbonyl (C=O) groups excluding carboxylic acids is 2. The van der Waals surface area contributed by atoms with Crippen LogP contribution >= 0.6 is 0 Å². The Morgan fingerprint density at radius 3 is 2.65 bits per heavy atom. The largest absolute Gasteiger partial charge is 0.344 e. The molecule has 0 saturated heterocycles. The molecule has 1 aliphatic heterocycles. The smallest absolute Gasteiger partial charge is 0.312 e. The fourth-order valence-corrected chi connectivity index (χ4v) is 3.36. The Kier molecular flexibility index (Phi) is 5.61. The van der Waals surface area contributed by atoms with E-state index >= 15 is 0 Å². The van der Waals surface area contributed by atoms with Crippen molar-refractivity contribution in [3.05, 3.63) is 70.5 Å². The summed E-state index contributed by atoms with van der Waals surface area (Å²) in [6.07, 6.45) is 0.547. The molecule has 1 aliphatic rings. The van der Waals surface area contributed by atoms with Crippen LogP contribution in [0.1, 0.15) is 22.5 Å². The summed E-state index contributed by atoms with van der Waals surface area (Å²) in [4.78, 5) is 30.7. The van der Waals surface area contributed by atoms with Gasteiger partial charge in [0.25, 0.3) is 0 Å². The molecule has 10 heteroatoms. The third kappa shape index (κ3) is 4.52. The number of rotatable bonds is 4. The number of carbonyl (C=O) groups is 2. The molecule has 0 aliphatic carbocycles. The van der Waals surface area contributed by atoms with Gasteiger partial charge in [0.2, 0.25) is 0 Å². The van der Waals surface area contributed by atoms with Gasteiger partial charge in [0.05, 0.1) is 12.2 Å². The Morgan fingerprint density at radius 2 is 1.94 bits per heavy atom. The maximum absolute atomic E-state index is 13.7. The normalized spacial score (nSPS) is 12.9. The highest BCUT2D eigenvalue weighted by molar-refractivity contribution is 6.34. The second-order valence-corrected chi connectivity index (χ2v) is 7.22. The third-order valence-electron chi connectivity index (χ3n) is 4.99. The summed E-state index contributed by atoms with van der Waals surface area (Å²) in [6.45, 7) is 1.97. The molecule has 3 heterocycles. The molecule has 160 valence electrons. The van der Waals surface area contributed by atoms with Gasteiger partial charge in [-0.3, -0.25) is 14.7 Å². The van der Waals surface area contributed by atoms with E-state index in [9.17, 15) is 18.4 Å². The van der Waals surface area contributed by atoms with Gasteiger partial charge in [0.1, 0.15) is 17.5 Å². The molecule has 8 nitrogen and oxygen atoms in total.